The molecular weight excluding hydrogens is 390 g/mol. The number of furan rings is 1. The predicted molar refractivity (Wildman–Crippen MR) is 110 cm³/mol. The molecule has 0 radical (unpaired) electrons. The molecule has 0 fully saturated rings. The first-order valence-electron chi connectivity index (χ1n) is 9.32. The zero-order valence-electron chi connectivity index (χ0n) is 16.3. The fourth-order valence-corrected chi connectivity index (χ4v) is 3.81. The third kappa shape index (κ3) is 5.26. The summed E-state index contributed by atoms with van der Waals surface area (Å²) >= 11 is 0. The van der Waals surface area contributed by atoms with Gasteiger partial charge in [-0.15, -0.1) is 0 Å². The number of carbonyl (C=O) groups excluding carboxylic acids is 1. The lowest BCUT2D eigenvalue weighted by molar-refractivity contribution is -0.119. The second kappa shape index (κ2) is 8.96. The SMILES string of the molecule is CCCC(=O)NS(=O)(=O)c1cc(COc2ccc(-c3ccccc3)cc2)c(C)o1. The molecule has 2 aromatic carbocycles. The van der Waals surface area contributed by atoms with Crippen LogP contribution in [0.5, 0.6) is 5.75 Å². The normalized spacial score (nSPS) is 11.2. The third-order valence-corrected chi connectivity index (χ3v) is 5.57. The van der Waals surface area contributed by atoms with E-state index in [-0.39, 0.29) is 18.1 Å². The van der Waals surface area contributed by atoms with Crippen molar-refractivity contribution in [3.05, 3.63) is 72.0 Å². The molecule has 0 saturated heterocycles. The van der Waals surface area contributed by atoms with Crippen molar-refractivity contribution in [1.82, 2.24) is 4.72 Å². The van der Waals surface area contributed by atoms with Gasteiger partial charge in [-0.1, -0.05) is 49.4 Å². The minimum Gasteiger partial charge on any atom is -0.489 e. The Morgan fingerprint density at radius 3 is 2.34 bits per heavy atom. The van der Waals surface area contributed by atoms with Crippen LogP contribution in [0.3, 0.4) is 0 Å². The van der Waals surface area contributed by atoms with Crippen LogP contribution >= 0.6 is 0 Å². The molecule has 29 heavy (non-hydrogen) atoms. The van der Waals surface area contributed by atoms with Gasteiger partial charge in [-0.05, 0) is 36.6 Å². The van der Waals surface area contributed by atoms with Crippen LogP contribution in [-0.4, -0.2) is 14.3 Å². The van der Waals surface area contributed by atoms with Gasteiger partial charge in [0, 0.05) is 18.1 Å². The molecule has 3 aromatic rings. The topological polar surface area (TPSA) is 85.6 Å². The number of hydrogen-bond acceptors (Lipinski definition) is 5. The summed E-state index contributed by atoms with van der Waals surface area (Å²) in [4.78, 5) is 11.6. The van der Waals surface area contributed by atoms with Crippen molar-refractivity contribution in [2.75, 3.05) is 0 Å². The van der Waals surface area contributed by atoms with Crippen LogP contribution in [0, 0.1) is 6.92 Å². The summed E-state index contributed by atoms with van der Waals surface area (Å²) in [5, 5.41) is -0.294. The Labute approximate surface area is 170 Å². The molecule has 1 N–H and O–H groups in total. The van der Waals surface area contributed by atoms with E-state index in [9.17, 15) is 13.2 Å². The summed E-state index contributed by atoms with van der Waals surface area (Å²) in [5.41, 5.74) is 2.79. The van der Waals surface area contributed by atoms with Crippen LogP contribution in [0.15, 0.2) is 70.2 Å². The van der Waals surface area contributed by atoms with Crippen molar-refractivity contribution in [2.24, 2.45) is 0 Å². The Balaban J connectivity index is 1.66. The molecule has 1 heterocycles. The van der Waals surface area contributed by atoms with E-state index in [1.165, 1.54) is 6.07 Å². The highest BCUT2D eigenvalue weighted by atomic mass is 32.2. The van der Waals surface area contributed by atoms with Crippen molar-refractivity contribution in [2.45, 2.75) is 38.4 Å². The van der Waals surface area contributed by atoms with Crippen molar-refractivity contribution in [1.29, 1.82) is 0 Å². The zero-order valence-corrected chi connectivity index (χ0v) is 17.2. The summed E-state index contributed by atoms with van der Waals surface area (Å²) in [6, 6.07) is 19.0. The van der Waals surface area contributed by atoms with Crippen LogP contribution in [0.1, 0.15) is 31.1 Å². The smallest absolute Gasteiger partial charge is 0.297 e. The second-order valence-corrected chi connectivity index (χ2v) is 8.22. The minimum absolute atomic E-state index is 0.133. The molecule has 1 amide bonds. The number of nitrogens with one attached hydrogen (secondary N) is 1. The van der Waals surface area contributed by atoms with E-state index in [2.05, 4.69) is 0 Å². The quantitative estimate of drug-likeness (QED) is 0.590. The molecule has 0 atom stereocenters. The van der Waals surface area contributed by atoms with E-state index in [1.807, 2.05) is 59.3 Å². The fourth-order valence-electron chi connectivity index (χ4n) is 2.78. The first kappa shape index (κ1) is 20.7. The fraction of sp³-hybridized carbons (Fsp3) is 0.227. The van der Waals surface area contributed by atoms with Crippen molar-refractivity contribution < 1.29 is 22.4 Å². The average molecular weight is 413 g/mol. The Morgan fingerprint density at radius 1 is 1.03 bits per heavy atom. The van der Waals surface area contributed by atoms with Gasteiger partial charge in [-0.25, -0.2) is 4.72 Å². The maximum atomic E-state index is 12.3. The highest BCUT2D eigenvalue weighted by Gasteiger charge is 2.23. The Morgan fingerprint density at radius 2 is 1.69 bits per heavy atom. The molecule has 0 aliphatic heterocycles. The molecule has 0 saturated carbocycles. The summed E-state index contributed by atoms with van der Waals surface area (Å²) in [7, 11) is -4.02. The number of amides is 1. The predicted octanol–water partition coefficient (Wildman–Crippen LogP) is 4.44. The van der Waals surface area contributed by atoms with E-state index in [1.54, 1.807) is 13.8 Å². The zero-order chi connectivity index (χ0) is 20.9. The maximum Gasteiger partial charge on any atom is 0.297 e. The Hall–Kier alpha value is -3.06. The molecule has 7 heteroatoms. The Bertz CT molecular complexity index is 1070. The van der Waals surface area contributed by atoms with Gasteiger partial charge in [0.2, 0.25) is 11.0 Å². The summed E-state index contributed by atoms with van der Waals surface area (Å²) in [6.45, 7) is 3.60. The first-order chi connectivity index (χ1) is 13.9. The molecule has 0 aliphatic carbocycles. The van der Waals surface area contributed by atoms with E-state index in [4.69, 9.17) is 9.15 Å². The van der Waals surface area contributed by atoms with Crippen LogP contribution in [-0.2, 0) is 21.4 Å². The molecule has 0 spiro atoms. The number of aryl methyl sites for hydroxylation is 1. The van der Waals surface area contributed by atoms with Crippen molar-refractivity contribution in [3.63, 3.8) is 0 Å². The maximum absolute atomic E-state index is 12.3. The van der Waals surface area contributed by atoms with Crippen molar-refractivity contribution >= 4 is 15.9 Å². The molecule has 1 aromatic heterocycles. The molecule has 6 nitrogen and oxygen atoms in total. The monoisotopic (exact) mass is 413 g/mol. The van der Waals surface area contributed by atoms with Crippen LogP contribution in [0.4, 0.5) is 0 Å². The standard InChI is InChI=1S/C22H23NO5S/c1-3-7-21(24)23-29(25,26)22-14-19(16(2)28-22)15-27-20-12-10-18(11-13-20)17-8-5-4-6-9-17/h4-6,8-14H,3,7,15H2,1-2H3,(H,23,24). The number of hydrogen-bond donors (Lipinski definition) is 1. The van der Waals surface area contributed by atoms with E-state index in [0.717, 1.165) is 11.1 Å². The van der Waals surface area contributed by atoms with E-state index >= 15 is 0 Å². The van der Waals surface area contributed by atoms with Gasteiger partial charge in [-0.2, -0.15) is 8.42 Å². The number of sulfonamides is 1. The molecule has 152 valence electrons. The Kier molecular flexibility index (Phi) is 6.39. The average Bonchev–Trinajstić information content (AvgIpc) is 3.09. The number of rotatable bonds is 8. The number of carbonyl (C=O) groups is 1. The van der Waals surface area contributed by atoms with Crippen molar-refractivity contribution in [3.8, 4) is 16.9 Å². The van der Waals surface area contributed by atoms with E-state index < -0.39 is 15.9 Å². The summed E-state index contributed by atoms with van der Waals surface area (Å²) in [5.74, 6) is 0.526. The molecular formula is C22H23NO5S. The van der Waals surface area contributed by atoms with Crippen LogP contribution in [0.2, 0.25) is 0 Å². The highest BCUT2D eigenvalue weighted by Crippen LogP contribution is 2.24. The minimum atomic E-state index is -4.02. The number of ether oxygens (including phenoxy) is 1. The van der Waals surface area contributed by atoms with Gasteiger partial charge in [0.15, 0.2) is 0 Å². The van der Waals surface area contributed by atoms with Gasteiger partial charge in [0.25, 0.3) is 10.0 Å². The van der Waals surface area contributed by atoms with Gasteiger partial charge in [-0.3, -0.25) is 4.79 Å². The van der Waals surface area contributed by atoms with Gasteiger partial charge < -0.3 is 9.15 Å². The van der Waals surface area contributed by atoms with Crippen LogP contribution < -0.4 is 9.46 Å². The van der Waals surface area contributed by atoms with Gasteiger partial charge >= 0.3 is 0 Å². The molecule has 0 bridgehead atoms. The summed E-state index contributed by atoms with van der Waals surface area (Å²) < 4.78 is 37.6. The molecule has 3 rings (SSSR count). The molecule has 0 aliphatic rings. The lowest BCUT2D eigenvalue weighted by Crippen LogP contribution is -2.29. The lowest BCUT2D eigenvalue weighted by atomic mass is 10.1. The van der Waals surface area contributed by atoms with E-state index in [0.29, 0.717) is 23.5 Å². The second-order valence-electron chi connectivity index (χ2n) is 6.60. The highest BCUT2D eigenvalue weighted by molar-refractivity contribution is 7.89. The number of benzene rings is 2. The summed E-state index contributed by atoms with van der Waals surface area (Å²) in [6.07, 6.45) is 0.689. The molecule has 0 unspecified atom stereocenters. The first-order valence-corrected chi connectivity index (χ1v) is 10.8. The third-order valence-electron chi connectivity index (χ3n) is 4.34. The van der Waals surface area contributed by atoms with Gasteiger partial charge in [0.1, 0.15) is 18.1 Å². The van der Waals surface area contributed by atoms with Crippen LogP contribution in [0.25, 0.3) is 11.1 Å². The lowest BCUT2D eigenvalue weighted by Gasteiger charge is -2.07. The van der Waals surface area contributed by atoms with Gasteiger partial charge in [0.05, 0.1) is 0 Å². The largest absolute Gasteiger partial charge is 0.489 e.